The predicted molar refractivity (Wildman–Crippen MR) is 84.6 cm³/mol. The van der Waals surface area contributed by atoms with E-state index >= 15 is 0 Å². The molecule has 1 aliphatic carbocycles. The highest BCUT2D eigenvalue weighted by Gasteiger charge is 2.46. The molecule has 0 aromatic heterocycles. The van der Waals surface area contributed by atoms with Crippen LogP contribution in [0.5, 0.6) is 0 Å². The highest BCUT2D eigenvalue weighted by atomic mass is 19.4. The number of halogens is 3. The molecule has 10 heteroatoms. The van der Waals surface area contributed by atoms with Gasteiger partial charge >= 0.3 is 12.1 Å². The largest absolute Gasteiger partial charge is 0.490 e. The summed E-state index contributed by atoms with van der Waals surface area (Å²) in [4.78, 5) is 23.4. The zero-order chi connectivity index (χ0) is 19.3. The van der Waals surface area contributed by atoms with Crippen molar-refractivity contribution in [1.82, 2.24) is 10.2 Å². The number of hydrogen-bond donors (Lipinski definition) is 2. The summed E-state index contributed by atoms with van der Waals surface area (Å²) < 4.78 is 42.6. The molecule has 2 aliphatic heterocycles. The number of amides is 1. The highest BCUT2D eigenvalue weighted by Crippen LogP contribution is 2.37. The van der Waals surface area contributed by atoms with Gasteiger partial charge in [-0.2, -0.15) is 13.2 Å². The van der Waals surface area contributed by atoms with Crippen LogP contribution in [0, 0.1) is 5.92 Å². The molecule has 0 bridgehead atoms. The normalized spacial score (nSPS) is 28.2. The Balaban J connectivity index is 0.000000298. The second kappa shape index (κ2) is 9.01. The van der Waals surface area contributed by atoms with Gasteiger partial charge in [0.1, 0.15) is 6.10 Å². The highest BCUT2D eigenvalue weighted by molar-refractivity contribution is 5.81. The van der Waals surface area contributed by atoms with Crippen molar-refractivity contribution >= 4 is 11.9 Å². The molecule has 0 aromatic rings. The zero-order valence-corrected chi connectivity index (χ0v) is 14.6. The first-order valence-electron chi connectivity index (χ1n) is 8.68. The molecule has 2 heterocycles. The third-order valence-electron chi connectivity index (χ3n) is 4.72. The van der Waals surface area contributed by atoms with Crippen LogP contribution in [0.25, 0.3) is 0 Å². The summed E-state index contributed by atoms with van der Waals surface area (Å²) in [5.74, 6) is -1.82. The maximum absolute atomic E-state index is 12.0. The van der Waals surface area contributed by atoms with Gasteiger partial charge in [0.2, 0.25) is 5.91 Å². The molecule has 2 N–H and O–H groups in total. The van der Waals surface area contributed by atoms with Crippen molar-refractivity contribution in [2.45, 2.75) is 50.1 Å². The molecule has 1 saturated carbocycles. The molecule has 3 atom stereocenters. The summed E-state index contributed by atoms with van der Waals surface area (Å²) in [6.07, 6.45) is -0.355. The summed E-state index contributed by atoms with van der Waals surface area (Å²) in [6, 6.07) is 0.471. The number of carbonyl (C=O) groups excluding carboxylic acids is 1. The van der Waals surface area contributed by atoms with E-state index in [0.717, 1.165) is 25.3 Å². The smallest absolute Gasteiger partial charge is 0.475 e. The summed E-state index contributed by atoms with van der Waals surface area (Å²) in [6.45, 7) is 3.47. The number of hydrogen-bond acceptors (Lipinski definition) is 5. The molecule has 7 nitrogen and oxygen atoms in total. The van der Waals surface area contributed by atoms with E-state index in [1.165, 1.54) is 19.4 Å². The second-order valence-corrected chi connectivity index (χ2v) is 6.78. The maximum Gasteiger partial charge on any atom is 0.490 e. The van der Waals surface area contributed by atoms with Crippen molar-refractivity contribution in [1.29, 1.82) is 0 Å². The monoisotopic (exact) mass is 382 g/mol. The molecule has 2 saturated heterocycles. The predicted octanol–water partition coefficient (Wildman–Crippen LogP) is 1.02. The van der Waals surface area contributed by atoms with Crippen LogP contribution in [0.4, 0.5) is 13.2 Å². The molecule has 3 fully saturated rings. The van der Waals surface area contributed by atoms with Gasteiger partial charge in [0.25, 0.3) is 0 Å². The molecular formula is C16H25F3N2O5. The Morgan fingerprint density at radius 2 is 1.96 bits per heavy atom. The number of aliphatic carboxylic acids is 1. The Morgan fingerprint density at radius 3 is 2.50 bits per heavy atom. The Morgan fingerprint density at radius 1 is 1.31 bits per heavy atom. The number of rotatable bonds is 6. The Bertz CT molecular complexity index is 499. The number of carboxylic acid groups (broad SMARTS) is 1. The van der Waals surface area contributed by atoms with Crippen molar-refractivity contribution in [2.24, 2.45) is 5.92 Å². The standard InChI is InChI=1S/C14H24N2O3.C2HF3O2/c1-18-7-5-15-14(17)13-8-11-12(19-13)4-6-16(11)9-10-2-3-10;3-2(4,5)1(6)7/h10-13H,2-9H2,1H3,(H,15,17);(H,6,7)/t11-,12-,13+;/m1./s1. The number of fused-ring (bicyclic) bond motifs is 1. The van der Waals surface area contributed by atoms with Crippen LogP contribution in [-0.2, 0) is 19.1 Å². The lowest BCUT2D eigenvalue weighted by molar-refractivity contribution is -0.192. The van der Waals surface area contributed by atoms with Gasteiger partial charge in [-0.15, -0.1) is 0 Å². The number of methoxy groups -OCH3 is 1. The van der Waals surface area contributed by atoms with Crippen LogP contribution in [0.1, 0.15) is 25.7 Å². The van der Waals surface area contributed by atoms with Gasteiger partial charge < -0.3 is 19.9 Å². The van der Waals surface area contributed by atoms with E-state index in [0.29, 0.717) is 19.2 Å². The van der Waals surface area contributed by atoms with Crippen LogP contribution >= 0.6 is 0 Å². The number of carbonyl (C=O) groups is 2. The first kappa shape index (κ1) is 20.9. The second-order valence-electron chi connectivity index (χ2n) is 6.78. The fourth-order valence-electron chi connectivity index (χ4n) is 3.25. The van der Waals surface area contributed by atoms with Gasteiger partial charge in [0, 0.05) is 39.2 Å². The van der Waals surface area contributed by atoms with E-state index in [1.54, 1.807) is 7.11 Å². The van der Waals surface area contributed by atoms with Gasteiger partial charge in [0.15, 0.2) is 0 Å². The molecule has 0 radical (unpaired) electrons. The van der Waals surface area contributed by atoms with Gasteiger partial charge in [0.05, 0.1) is 12.7 Å². The Hall–Kier alpha value is -1.39. The Labute approximate surface area is 149 Å². The van der Waals surface area contributed by atoms with E-state index in [2.05, 4.69) is 10.2 Å². The average Bonchev–Trinajstić information content (AvgIpc) is 3.14. The van der Waals surface area contributed by atoms with Crippen molar-refractivity contribution in [3.63, 3.8) is 0 Å². The average molecular weight is 382 g/mol. The molecule has 0 aromatic carbocycles. The van der Waals surface area contributed by atoms with Crippen LogP contribution in [0.3, 0.4) is 0 Å². The minimum atomic E-state index is -5.08. The third kappa shape index (κ3) is 6.10. The molecule has 150 valence electrons. The third-order valence-corrected chi connectivity index (χ3v) is 4.72. The van der Waals surface area contributed by atoms with E-state index in [-0.39, 0.29) is 18.1 Å². The molecule has 3 aliphatic rings. The van der Waals surface area contributed by atoms with Crippen molar-refractivity contribution in [3.8, 4) is 0 Å². The first-order valence-corrected chi connectivity index (χ1v) is 8.68. The van der Waals surface area contributed by atoms with Gasteiger partial charge in [-0.25, -0.2) is 4.79 Å². The number of nitrogens with zero attached hydrogens (tertiary/aromatic N) is 1. The number of carboxylic acids is 1. The molecule has 1 amide bonds. The summed E-state index contributed by atoms with van der Waals surface area (Å²) in [5, 5.41) is 10.0. The van der Waals surface area contributed by atoms with Crippen molar-refractivity contribution in [3.05, 3.63) is 0 Å². The molecular weight excluding hydrogens is 357 g/mol. The molecule has 0 unspecified atom stereocenters. The lowest BCUT2D eigenvalue weighted by atomic mass is 10.1. The van der Waals surface area contributed by atoms with Crippen LogP contribution in [0.15, 0.2) is 0 Å². The minimum Gasteiger partial charge on any atom is -0.475 e. The van der Waals surface area contributed by atoms with Gasteiger partial charge in [-0.05, 0) is 25.2 Å². The number of nitrogens with one attached hydrogen (secondary N) is 1. The quantitative estimate of drug-likeness (QED) is 0.667. The Kier molecular flexibility index (Phi) is 7.24. The molecule has 3 rings (SSSR count). The fourth-order valence-corrected chi connectivity index (χ4v) is 3.25. The summed E-state index contributed by atoms with van der Waals surface area (Å²) in [5.41, 5.74) is 0. The van der Waals surface area contributed by atoms with Gasteiger partial charge in [-0.3, -0.25) is 9.69 Å². The topological polar surface area (TPSA) is 88.1 Å². The van der Waals surface area contributed by atoms with E-state index in [4.69, 9.17) is 19.4 Å². The van der Waals surface area contributed by atoms with Gasteiger partial charge in [-0.1, -0.05) is 0 Å². The molecule has 26 heavy (non-hydrogen) atoms. The van der Waals surface area contributed by atoms with E-state index in [9.17, 15) is 18.0 Å². The van der Waals surface area contributed by atoms with Crippen LogP contribution < -0.4 is 5.32 Å². The number of likely N-dealkylation sites (tertiary alicyclic amines) is 1. The van der Waals surface area contributed by atoms with E-state index < -0.39 is 12.1 Å². The lowest BCUT2D eigenvalue weighted by Gasteiger charge is -2.22. The number of ether oxygens (including phenoxy) is 2. The first-order chi connectivity index (χ1) is 12.2. The fraction of sp³-hybridized carbons (Fsp3) is 0.875. The maximum atomic E-state index is 12.0. The summed E-state index contributed by atoms with van der Waals surface area (Å²) in [7, 11) is 1.64. The zero-order valence-electron chi connectivity index (χ0n) is 14.6. The van der Waals surface area contributed by atoms with E-state index in [1.807, 2.05) is 0 Å². The van der Waals surface area contributed by atoms with Crippen LogP contribution in [0.2, 0.25) is 0 Å². The SMILES string of the molecule is COCCNC(=O)[C@@H]1C[C@@H]2[C@@H](CCN2CC2CC2)O1.O=C(O)C(F)(F)F. The van der Waals surface area contributed by atoms with Crippen molar-refractivity contribution in [2.75, 3.05) is 33.4 Å². The summed E-state index contributed by atoms with van der Waals surface area (Å²) >= 11 is 0. The minimum absolute atomic E-state index is 0.0258. The van der Waals surface area contributed by atoms with Crippen molar-refractivity contribution < 1.29 is 37.3 Å². The van der Waals surface area contributed by atoms with Crippen LogP contribution in [-0.4, -0.2) is 79.7 Å². The molecule has 0 spiro atoms. The lowest BCUT2D eigenvalue weighted by Crippen LogP contribution is -2.38. The number of alkyl halides is 3.